The highest BCUT2D eigenvalue weighted by Crippen LogP contribution is 2.14. The maximum atomic E-state index is 12.8. The van der Waals surface area contributed by atoms with Crippen LogP contribution >= 0.6 is 11.3 Å². The van der Waals surface area contributed by atoms with Crippen LogP contribution in [0.3, 0.4) is 0 Å². The van der Waals surface area contributed by atoms with E-state index in [1.807, 2.05) is 31.2 Å². The number of amides is 1. The van der Waals surface area contributed by atoms with Crippen LogP contribution in [0.2, 0.25) is 0 Å². The van der Waals surface area contributed by atoms with Gasteiger partial charge in [0.2, 0.25) is 5.91 Å². The Morgan fingerprint density at radius 1 is 1.10 bits per heavy atom. The number of ether oxygens (including phenoxy) is 2. The van der Waals surface area contributed by atoms with E-state index in [4.69, 9.17) is 9.47 Å². The van der Waals surface area contributed by atoms with E-state index in [-0.39, 0.29) is 31.4 Å². The van der Waals surface area contributed by atoms with Crippen molar-refractivity contribution in [1.29, 1.82) is 0 Å². The molecular weight excluding hydrogens is 395 g/mol. The molecule has 2 aromatic carbocycles. The van der Waals surface area contributed by atoms with Gasteiger partial charge in [-0.05, 0) is 43.3 Å². The SMILES string of the molecule is Cc1ccc(NC(=O)Cc2nc(COC(=O)COc3ccc(F)cc3)cs2)cc1. The molecule has 3 rings (SSSR count). The zero-order valence-electron chi connectivity index (χ0n) is 15.7. The number of esters is 1. The molecule has 0 bridgehead atoms. The van der Waals surface area contributed by atoms with Gasteiger partial charge >= 0.3 is 5.97 Å². The third kappa shape index (κ3) is 6.69. The summed E-state index contributed by atoms with van der Waals surface area (Å²) in [4.78, 5) is 28.2. The summed E-state index contributed by atoms with van der Waals surface area (Å²) in [6.07, 6.45) is 0.139. The van der Waals surface area contributed by atoms with E-state index in [1.54, 1.807) is 5.38 Å². The summed E-state index contributed by atoms with van der Waals surface area (Å²) >= 11 is 1.32. The molecule has 0 radical (unpaired) electrons. The highest BCUT2D eigenvalue weighted by molar-refractivity contribution is 7.09. The van der Waals surface area contributed by atoms with Crippen LogP contribution in [0.25, 0.3) is 0 Å². The van der Waals surface area contributed by atoms with Crippen molar-refractivity contribution in [3.63, 3.8) is 0 Å². The van der Waals surface area contributed by atoms with Gasteiger partial charge in [0, 0.05) is 11.1 Å². The Hall–Kier alpha value is -3.26. The first kappa shape index (κ1) is 20.5. The van der Waals surface area contributed by atoms with Gasteiger partial charge in [-0.1, -0.05) is 17.7 Å². The maximum absolute atomic E-state index is 12.8. The summed E-state index contributed by atoms with van der Waals surface area (Å²) in [6.45, 7) is 1.67. The van der Waals surface area contributed by atoms with Gasteiger partial charge < -0.3 is 14.8 Å². The minimum absolute atomic E-state index is 0.0122. The number of nitrogens with zero attached hydrogens (tertiary/aromatic N) is 1. The number of halogens is 1. The van der Waals surface area contributed by atoms with E-state index < -0.39 is 5.97 Å². The van der Waals surface area contributed by atoms with E-state index in [0.29, 0.717) is 16.5 Å². The number of carbonyl (C=O) groups excluding carboxylic acids is 2. The number of rotatable bonds is 8. The van der Waals surface area contributed by atoms with Crippen LogP contribution in [0.4, 0.5) is 10.1 Å². The van der Waals surface area contributed by atoms with E-state index >= 15 is 0 Å². The Kier molecular flexibility index (Phi) is 6.91. The number of carbonyl (C=O) groups is 2. The minimum atomic E-state index is -0.569. The fourth-order valence-electron chi connectivity index (χ4n) is 2.35. The summed E-state index contributed by atoms with van der Waals surface area (Å²) in [5, 5.41) is 5.18. The Bertz CT molecular complexity index is 971. The predicted molar refractivity (Wildman–Crippen MR) is 107 cm³/mol. The van der Waals surface area contributed by atoms with E-state index in [2.05, 4.69) is 10.3 Å². The molecule has 0 saturated carbocycles. The molecule has 0 aliphatic carbocycles. The first-order chi connectivity index (χ1) is 14.0. The fourth-order valence-corrected chi connectivity index (χ4v) is 3.12. The van der Waals surface area contributed by atoms with Crippen molar-refractivity contribution in [2.24, 2.45) is 0 Å². The van der Waals surface area contributed by atoms with Crippen LogP contribution in [0.15, 0.2) is 53.9 Å². The van der Waals surface area contributed by atoms with Gasteiger partial charge in [-0.25, -0.2) is 14.2 Å². The van der Waals surface area contributed by atoms with Crippen molar-refractivity contribution in [3.8, 4) is 5.75 Å². The standard InChI is InChI=1S/C21H19FN2O4S/c1-14-2-6-16(7-3-14)23-19(25)10-20-24-17(13-29-20)11-28-21(26)12-27-18-8-4-15(22)5-9-18/h2-9,13H,10-12H2,1H3,(H,23,25). The molecule has 0 aliphatic heterocycles. The molecule has 0 unspecified atom stereocenters. The van der Waals surface area contributed by atoms with Gasteiger partial charge in [0.25, 0.3) is 0 Å². The Morgan fingerprint density at radius 3 is 2.55 bits per heavy atom. The molecule has 3 aromatic rings. The van der Waals surface area contributed by atoms with Crippen molar-refractivity contribution in [2.45, 2.75) is 20.0 Å². The second-order valence-corrected chi connectivity index (χ2v) is 7.17. The molecule has 0 atom stereocenters. The van der Waals surface area contributed by atoms with Crippen molar-refractivity contribution >= 4 is 28.9 Å². The monoisotopic (exact) mass is 414 g/mol. The van der Waals surface area contributed by atoms with Gasteiger partial charge in [0.05, 0.1) is 12.1 Å². The molecule has 1 aromatic heterocycles. The molecule has 0 fully saturated rings. The number of thiazole rings is 1. The molecule has 8 heteroatoms. The Morgan fingerprint density at radius 2 is 1.83 bits per heavy atom. The highest BCUT2D eigenvalue weighted by atomic mass is 32.1. The number of anilines is 1. The van der Waals surface area contributed by atoms with Crippen molar-refractivity contribution in [3.05, 3.63) is 76.0 Å². The van der Waals surface area contributed by atoms with Crippen molar-refractivity contribution < 1.29 is 23.5 Å². The number of benzene rings is 2. The van der Waals surface area contributed by atoms with Crippen LogP contribution < -0.4 is 10.1 Å². The van der Waals surface area contributed by atoms with Crippen LogP contribution in [-0.4, -0.2) is 23.5 Å². The fraction of sp³-hybridized carbons (Fsp3) is 0.190. The van der Waals surface area contributed by atoms with Gasteiger partial charge in [-0.2, -0.15) is 0 Å². The Balaban J connectivity index is 1.41. The van der Waals surface area contributed by atoms with E-state index in [1.165, 1.54) is 35.6 Å². The second kappa shape index (κ2) is 9.79. The summed E-state index contributed by atoms with van der Waals surface area (Å²) in [6, 6.07) is 12.9. The molecule has 0 spiro atoms. The first-order valence-corrected chi connectivity index (χ1v) is 9.70. The normalized spacial score (nSPS) is 10.4. The molecule has 0 aliphatic rings. The number of hydrogen-bond donors (Lipinski definition) is 1. The van der Waals surface area contributed by atoms with Crippen molar-refractivity contribution in [1.82, 2.24) is 4.98 Å². The summed E-state index contributed by atoms with van der Waals surface area (Å²) in [5.74, 6) is -0.744. The summed E-state index contributed by atoms with van der Waals surface area (Å²) in [7, 11) is 0. The molecule has 29 heavy (non-hydrogen) atoms. The predicted octanol–water partition coefficient (Wildman–Crippen LogP) is 3.89. The first-order valence-electron chi connectivity index (χ1n) is 8.82. The Labute approximate surface area is 171 Å². The second-order valence-electron chi connectivity index (χ2n) is 6.23. The third-order valence-electron chi connectivity index (χ3n) is 3.80. The van der Waals surface area contributed by atoms with Gasteiger partial charge in [-0.15, -0.1) is 11.3 Å². The quantitative estimate of drug-likeness (QED) is 0.566. The largest absolute Gasteiger partial charge is 0.482 e. The van der Waals surface area contributed by atoms with Crippen LogP contribution in [0, 0.1) is 12.7 Å². The molecule has 1 heterocycles. The maximum Gasteiger partial charge on any atom is 0.344 e. The summed E-state index contributed by atoms with van der Waals surface area (Å²) in [5.41, 5.74) is 2.40. The molecular formula is C21H19FN2O4S. The lowest BCUT2D eigenvalue weighted by Crippen LogP contribution is -2.15. The zero-order chi connectivity index (χ0) is 20.6. The average molecular weight is 414 g/mol. The number of aryl methyl sites for hydroxylation is 1. The van der Waals surface area contributed by atoms with Crippen LogP contribution in [-0.2, 0) is 27.4 Å². The lowest BCUT2D eigenvalue weighted by atomic mass is 10.2. The summed E-state index contributed by atoms with van der Waals surface area (Å²) < 4.78 is 23.1. The lowest BCUT2D eigenvalue weighted by molar-refractivity contribution is -0.147. The topological polar surface area (TPSA) is 77.5 Å². The average Bonchev–Trinajstić information content (AvgIpc) is 3.15. The molecule has 1 N–H and O–H groups in total. The van der Waals surface area contributed by atoms with Crippen molar-refractivity contribution in [2.75, 3.05) is 11.9 Å². The zero-order valence-corrected chi connectivity index (χ0v) is 16.5. The number of hydrogen-bond acceptors (Lipinski definition) is 6. The highest BCUT2D eigenvalue weighted by Gasteiger charge is 2.11. The molecule has 150 valence electrons. The third-order valence-corrected chi connectivity index (χ3v) is 4.70. The van der Waals surface area contributed by atoms with Gasteiger partial charge in [0.1, 0.15) is 23.2 Å². The van der Waals surface area contributed by atoms with Crippen LogP contribution in [0.5, 0.6) is 5.75 Å². The molecule has 6 nitrogen and oxygen atoms in total. The van der Waals surface area contributed by atoms with E-state index in [9.17, 15) is 14.0 Å². The van der Waals surface area contributed by atoms with Gasteiger partial charge in [-0.3, -0.25) is 4.79 Å². The molecule has 1 amide bonds. The van der Waals surface area contributed by atoms with Crippen LogP contribution in [0.1, 0.15) is 16.3 Å². The minimum Gasteiger partial charge on any atom is -0.482 e. The number of nitrogens with one attached hydrogen (secondary N) is 1. The molecule has 0 saturated heterocycles. The van der Waals surface area contributed by atoms with Gasteiger partial charge in [0.15, 0.2) is 6.61 Å². The lowest BCUT2D eigenvalue weighted by Gasteiger charge is -2.06. The number of aromatic nitrogens is 1. The smallest absolute Gasteiger partial charge is 0.344 e. The van der Waals surface area contributed by atoms with E-state index in [0.717, 1.165) is 11.3 Å².